The van der Waals surface area contributed by atoms with Gasteiger partial charge in [0, 0.05) is 18.7 Å². The minimum Gasteiger partial charge on any atom is -0.275 e. The molecule has 1 aliphatic rings. The van der Waals surface area contributed by atoms with Crippen molar-refractivity contribution in [1.82, 2.24) is 4.90 Å². The van der Waals surface area contributed by atoms with Gasteiger partial charge in [0.2, 0.25) is 0 Å². The second-order valence-electron chi connectivity index (χ2n) is 5.70. The van der Waals surface area contributed by atoms with Crippen LogP contribution in [0.15, 0.2) is 12.2 Å². The fraction of sp³-hybridized carbons (Fsp3) is 0.765. The summed E-state index contributed by atoms with van der Waals surface area (Å²) in [6.07, 6.45) is 16.8. The van der Waals surface area contributed by atoms with E-state index in [1.165, 1.54) is 74.8 Å². The molecule has 0 saturated carbocycles. The van der Waals surface area contributed by atoms with Crippen molar-refractivity contribution in [2.24, 2.45) is 0 Å². The van der Waals surface area contributed by atoms with Crippen LogP contribution in [0.2, 0.25) is 0 Å². The highest BCUT2D eigenvalue weighted by Crippen LogP contribution is 2.12. The molecule has 0 fully saturated rings. The van der Waals surface area contributed by atoms with Crippen LogP contribution in [0.5, 0.6) is 0 Å². The van der Waals surface area contributed by atoms with Gasteiger partial charge in [0.25, 0.3) is 11.8 Å². The smallest absolute Gasteiger partial charge is 0.253 e. The Morgan fingerprint density at radius 1 is 0.700 bits per heavy atom. The predicted octanol–water partition coefficient (Wildman–Crippen LogP) is 4.22. The third-order valence-electron chi connectivity index (χ3n) is 3.89. The lowest BCUT2D eigenvalue weighted by atomic mass is 10.1. The van der Waals surface area contributed by atoms with E-state index in [-0.39, 0.29) is 11.8 Å². The van der Waals surface area contributed by atoms with Gasteiger partial charge >= 0.3 is 0 Å². The molecule has 2 amide bonds. The molecule has 1 rings (SSSR count). The molecule has 0 saturated heterocycles. The number of rotatable bonds is 12. The summed E-state index contributed by atoms with van der Waals surface area (Å²) in [5, 5.41) is 0. The second kappa shape index (κ2) is 10.6. The summed E-state index contributed by atoms with van der Waals surface area (Å²) in [4.78, 5) is 24.0. The van der Waals surface area contributed by atoms with Gasteiger partial charge in [0.05, 0.1) is 0 Å². The lowest BCUT2D eigenvalue weighted by Crippen LogP contribution is -2.30. The quantitative estimate of drug-likeness (QED) is 0.396. The van der Waals surface area contributed by atoms with E-state index < -0.39 is 0 Å². The maximum atomic E-state index is 11.3. The van der Waals surface area contributed by atoms with Crippen LogP contribution >= 0.6 is 0 Å². The van der Waals surface area contributed by atoms with E-state index in [1.807, 2.05) is 0 Å². The molecule has 0 spiro atoms. The molecular formula is C17H29NO2. The topological polar surface area (TPSA) is 37.4 Å². The summed E-state index contributed by atoms with van der Waals surface area (Å²) in [6, 6.07) is 0. The van der Waals surface area contributed by atoms with Gasteiger partial charge in [-0.3, -0.25) is 14.5 Å². The van der Waals surface area contributed by atoms with Crippen molar-refractivity contribution in [3.63, 3.8) is 0 Å². The zero-order valence-electron chi connectivity index (χ0n) is 12.9. The average Bonchev–Trinajstić information content (AvgIpc) is 2.76. The summed E-state index contributed by atoms with van der Waals surface area (Å²) < 4.78 is 0. The molecule has 0 aromatic heterocycles. The van der Waals surface area contributed by atoms with Crippen molar-refractivity contribution in [3.8, 4) is 0 Å². The van der Waals surface area contributed by atoms with Crippen molar-refractivity contribution in [1.29, 1.82) is 0 Å². The van der Waals surface area contributed by atoms with Crippen LogP contribution in [0.1, 0.15) is 77.6 Å². The molecule has 1 heterocycles. The Bertz CT molecular complexity index is 305. The van der Waals surface area contributed by atoms with Crippen LogP contribution < -0.4 is 0 Å². The molecule has 0 N–H and O–H groups in total. The fourth-order valence-corrected chi connectivity index (χ4v) is 2.59. The van der Waals surface area contributed by atoms with Crippen LogP contribution in [0, 0.1) is 0 Å². The maximum absolute atomic E-state index is 11.3. The average molecular weight is 279 g/mol. The highest BCUT2D eigenvalue weighted by Gasteiger charge is 2.21. The van der Waals surface area contributed by atoms with Crippen molar-refractivity contribution >= 4 is 11.8 Å². The molecule has 0 radical (unpaired) electrons. The zero-order chi connectivity index (χ0) is 14.6. The van der Waals surface area contributed by atoms with Gasteiger partial charge in [-0.15, -0.1) is 0 Å². The second-order valence-corrected chi connectivity index (χ2v) is 5.70. The maximum Gasteiger partial charge on any atom is 0.253 e. The first-order valence-corrected chi connectivity index (χ1v) is 8.29. The molecule has 0 aliphatic carbocycles. The lowest BCUT2D eigenvalue weighted by Gasteiger charge is -2.12. The Hall–Kier alpha value is -1.12. The molecular weight excluding hydrogens is 250 g/mol. The molecule has 20 heavy (non-hydrogen) atoms. The summed E-state index contributed by atoms with van der Waals surface area (Å²) in [6.45, 7) is 2.83. The van der Waals surface area contributed by atoms with E-state index in [1.54, 1.807) is 0 Å². The predicted molar refractivity (Wildman–Crippen MR) is 82.3 cm³/mol. The summed E-state index contributed by atoms with van der Waals surface area (Å²) in [5.41, 5.74) is 0. The number of hydrogen-bond acceptors (Lipinski definition) is 2. The van der Waals surface area contributed by atoms with E-state index in [9.17, 15) is 9.59 Å². The number of amides is 2. The van der Waals surface area contributed by atoms with Crippen LogP contribution in [-0.2, 0) is 9.59 Å². The molecule has 0 aromatic carbocycles. The van der Waals surface area contributed by atoms with Gasteiger partial charge in [-0.25, -0.2) is 0 Å². The Kier molecular flexibility index (Phi) is 9.01. The Morgan fingerprint density at radius 3 is 1.55 bits per heavy atom. The number of nitrogens with zero attached hydrogens (tertiary/aromatic N) is 1. The van der Waals surface area contributed by atoms with Crippen molar-refractivity contribution in [2.75, 3.05) is 6.54 Å². The monoisotopic (exact) mass is 279 g/mol. The molecule has 0 bridgehead atoms. The number of hydrogen-bond donors (Lipinski definition) is 0. The number of unbranched alkanes of at least 4 members (excludes halogenated alkanes) is 10. The van der Waals surface area contributed by atoms with Crippen molar-refractivity contribution < 1.29 is 9.59 Å². The number of carbonyl (C=O) groups is 2. The van der Waals surface area contributed by atoms with E-state index in [0.29, 0.717) is 6.54 Å². The minimum absolute atomic E-state index is 0.151. The standard InChI is InChI=1S/C17H29NO2/c1-2-3-4-5-6-7-8-9-10-11-12-15-18-16(19)13-14-17(18)20/h13-14H,2-12,15H2,1H3. The van der Waals surface area contributed by atoms with Crippen LogP contribution in [0.4, 0.5) is 0 Å². The molecule has 3 nitrogen and oxygen atoms in total. The molecule has 0 aromatic rings. The van der Waals surface area contributed by atoms with Gasteiger partial charge < -0.3 is 0 Å². The molecule has 1 aliphatic heterocycles. The summed E-state index contributed by atoms with van der Waals surface area (Å²) >= 11 is 0. The van der Waals surface area contributed by atoms with Crippen LogP contribution in [0.3, 0.4) is 0 Å². The van der Waals surface area contributed by atoms with Gasteiger partial charge in [-0.2, -0.15) is 0 Å². The van der Waals surface area contributed by atoms with Crippen molar-refractivity contribution in [2.45, 2.75) is 77.6 Å². The van der Waals surface area contributed by atoms with E-state index in [2.05, 4.69) is 6.92 Å². The highest BCUT2D eigenvalue weighted by molar-refractivity contribution is 6.12. The van der Waals surface area contributed by atoms with Gasteiger partial charge in [-0.1, -0.05) is 71.1 Å². The van der Waals surface area contributed by atoms with Crippen LogP contribution in [-0.4, -0.2) is 23.3 Å². The van der Waals surface area contributed by atoms with E-state index in [4.69, 9.17) is 0 Å². The van der Waals surface area contributed by atoms with Gasteiger partial charge in [0.15, 0.2) is 0 Å². The third kappa shape index (κ3) is 6.88. The Labute approximate surface area is 123 Å². The Balaban J connectivity index is 1.83. The van der Waals surface area contributed by atoms with Crippen LogP contribution in [0.25, 0.3) is 0 Å². The van der Waals surface area contributed by atoms with E-state index in [0.717, 1.165) is 12.8 Å². The lowest BCUT2D eigenvalue weighted by molar-refractivity contribution is -0.136. The van der Waals surface area contributed by atoms with Gasteiger partial charge in [-0.05, 0) is 6.42 Å². The molecule has 0 atom stereocenters. The van der Waals surface area contributed by atoms with Crippen molar-refractivity contribution in [3.05, 3.63) is 12.2 Å². The Morgan fingerprint density at radius 2 is 1.10 bits per heavy atom. The first-order valence-electron chi connectivity index (χ1n) is 8.29. The minimum atomic E-state index is -0.151. The zero-order valence-corrected chi connectivity index (χ0v) is 12.9. The fourth-order valence-electron chi connectivity index (χ4n) is 2.59. The normalized spacial score (nSPS) is 14.6. The third-order valence-corrected chi connectivity index (χ3v) is 3.89. The number of imide groups is 1. The van der Waals surface area contributed by atoms with E-state index >= 15 is 0 Å². The van der Waals surface area contributed by atoms with Gasteiger partial charge in [0.1, 0.15) is 0 Å². The number of carbonyl (C=O) groups excluding carboxylic acids is 2. The molecule has 3 heteroatoms. The summed E-state index contributed by atoms with van der Waals surface area (Å²) in [5.74, 6) is -0.302. The first kappa shape index (κ1) is 16.9. The summed E-state index contributed by atoms with van der Waals surface area (Å²) in [7, 11) is 0. The molecule has 0 unspecified atom stereocenters. The molecule has 114 valence electrons. The SMILES string of the molecule is CCCCCCCCCCCCCN1C(=O)C=CC1=O. The largest absolute Gasteiger partial charge is 0.275 e. The first-order chi connectivity index (χ1) is 9.75. The highest BCUT2D eigenvalue weighted by atomic mass is 16.2.